The Morgan fingerprint density at radius 1 is 1.29 bits per heavy atom. The van der Waals surface area contributed by atoms with Gasteiger partial charge < -0.3 is 5.32 Å². The van der Waals surface area contributed by atoms with Gasteiger partial charge in [-0.15, -0.1) is 0 Å². The van der Waals surface area contributed by atoms with Crippen LogP contribution in [0, 0.1) is 5.92 Å². The lowest BCUT2D eigenvalue weighted by molar-refractivity contribution is -0.137. The van der Waals surface area contributed by atoms with Crippen LogP contribution in [0.15, 0.2) is 22.7 Å². The van der Waals surface area contributed by atoms with Crippen LogP contribution in [0.4, 0.5) is 18.9 Å². The average Bonchev–Trinajstić information content (AvgIpc) is 2.16. The summed E-state index contributed by atoms with van der Waals surface area (Å²) in [5.74, 6) is 0.671. The minimum atomic E-state index is -4.28. The van der Waals surface area contributed by atoms with E-state index in [-0.39, 0.29) is 0 Å². The predicted octanol–water partition coefficient (Wildman–Crippen LogP) is 4.68. The Kier molecular flexibility index (Phi) is 3.66. The average molecular weight is 308 g/mol. The van der Waals surface area contributed by atoms with Gasteiger partial charge in [-0.05, 0) is 52.9 Å². The highest BCUT2D eigenvalue weighted by molar-refractivity contribution is 9.10. The van der Waals surface area contributed by atoms with Gasteiger partial charge in [0.1, 0.15) is 0 Å². The van der Waals surface area contributed by atoms with Crippen molar-refractivity contribution in [1.82, 2.24) is 0 Å². The fraction of sp³-hybridized carbons (Fsp3) is 0.500. The number of anilines is 1. The molecule has 1 aliphatic rings. The van der Waals surface area contributed by atoms with Gasteiger partial charge in [0.2, 0.25) is 0 Å². The molecule has 1 aromatic rings. The Balaban J connectivity index is 2.03. The third kappa shape index (κ3) is 3.15. The molecule has 17 heavy (non-hydrogen) atoms. The van der Waals surface area contributed by atoms with Crippen molar-refractivity contribution < 1.29 is 13.2 Å². The minimum Gasteiger partial charge on any atom is -0.384 e. The summed E-state index contributed by atoms with van der Waals surface area (Å²) in [6, 6.07) is 3.70. The Morgan fingerprint density at radius 2 is 2.00 bits per heavy atom. The summed E-state index contributed by atoms with van der Waals surface area (Å²) >= 11 is 3.17. The van der Waals surface area contributed by atoms with Crippen LogP contribution in [0.3, 0.4) is 0 Å². The lowest BCUT2D eigenvalue weighted by atomic mass is 9.85. The van der Waals surface area contributed by atoms with Crippen molar-refractivity contribution in [3.8, 4) is 0 Å². The van der Waals surface area contributed by atoms with E-state index < -0.39 is 11.7 Å². The van der Waals surface area contributed by atoms with Crippen molar-refractivity contribution in [3.63, 3.8) is 0 Å². The van der Waals surface area contributed by atoms with E-state index in [0.717, 1.165) is 24.4 Å². The van der Waals surface area contributed by atoms with Crippen molar-refractivity contribution in [2.24, 2.45) is 5.92 Å². The molecule has 0 bridgehead atoms. The molecule has 0 heterocycles. The minimum absolute atomic E-state index is 0.464. The van der Waals surface area contributed by atoms with Crippen molar-refractivity contribution >= 4 is 21.6 Å². The summed E-state index contributed by atoms with van der Waals surface area (Å²) in [5, 5.41) is 3.18. The van der Waals surface area contributed by atoms with Crippen LogP contribution in [-0.2, 0) is 6.18 Å². The van der Waals surface area contributed by atoms with Crippen LogP contribution in [-0.4, -0.2) is 6.54 Å². The zero-order valence-electron chi connectivity index (χ0n) is 9.15. The highest BCUT2D eigenvalue weighted by atomic mass is 79.9. The molecule has 5 heteroatoms. The maximum atomic E-state index is 12.4. The van der Waals surface area contributed by atoms with Crippen molar-refractivity contribution in [1.29, 1.82) is 0 Å². The molecule has 1 aromatic carbocycles. The standard InChI is InChI=1S/C12H13BrF3N/c13-10-6-9(12(14,15)16)4-5-11(10)17-7-8-2-1-3-8/h4-6,8,17H,1-3,7H2. The summed E-state index contributed by atoms with van der Waals surface area (Å²) in [5.41, 5.74) is 0.100. The fourth-order valence-corrected chi connectivity index (χ4v) is 2.30. The molecule has 0 aromatic heterocycles. The number of nitrogens with one attached hydrogen (secondary N) is 1. The van der Waals surface area contributed by atoms with E-state index in [1.807, 2.05) is 0 Å². The molecule has 1 nitrogen and oxygen atoms in total. The molecule has 0 unspecified atom stereocenters. The topological polar surface area (TPSA) is 12.0 Å². The van der Waals surface area contributed by atoms with E-state index in [4.69, 9.17) is 0 Å². The monoisotopic (exact) mass is 307 g/mol. The summed E-state index contributed by atoms with van der Waals surface area (Å²) in [6.07, 6.45) is -0.591. The van der Waals surface area contributed by atoms with Crippen LogP contribution < -0.4 is 5.32 Å². The van der Waals surface area contributed by atoms with Gasteiger partial charge in [0, 0.05) is 16.7 Å². The molecule has 1 aliphatic carbocycles. The molecule has 0 aliphatic heterocycles. The highest BCUT2D eigenvalue weighted by Crippen LogP contribution is 2.34. The summed E-state index contributed by atoms with van der Waals surface area (Å²) < 4.78 is 37.8. The van der Waals surface area contributed by atoms with E-state index in [1.165, 1.54) is 25.3 Å². The second-order valence-corrected chi connectivity index (χ2v) is 5.22. The van der Waals surface area contributed by atoms with Crippen LogP contribution >= 0.6 is 15.9 Å². The van der Waals surface area contributed by atoms with E-state index in [9.17, 15) is 13.2 Å². The molecule has 2 rings (SSSR count). The van der Waals surface area contributed by atoms with Gasteiger partial charge in [0.05, 0.1) is 5.56 Å². The third-order valence-electron chi connectivity index (χ3n) is 3.10. The first-order chi connectivity index (χ1) is 7.97. The molecule has 0 amide bonds. The van der Waals surface area contributed by atoms with Gasteiger partial charge in [-0.2, -0.15) is 13.2 Å². The van der Waals surface area contributed by atoms with Gasteiger partial charge in [0.25, 0.3) is 0 Å². The third-order valence-corrected chi connectivity index (χ3v) is 3.76. The normalized spacial score (nSPS) is 16.7. The Morgan fingerprint density at radius 3 is 2.47 bits per heavy atom. The van der Waals surface area contributed by atoms with E-state index in [0.29, 0.717) is 10.4 Å². The van der Waals surface area contributed by atoms with Crippen molar-refractivity contribution in [2.45, 2.75) is 25.4 Å². The lowest BCUT2D eigenvalue weighted by Gasteiger charge is -2.26. The number of benzene rings is 1. The molecule has 94 valence electrons. The first-order valence-electron chi connectivity index (χ1n) is 5.57. The fourth-order valence-electron chi connectivity index (χ4n) is 1.79. The van der Waals surface area contributed by atoms with E-state index in [1.54, 1.807) is 0 Å². The predicted molar refractivity (Wildman–Crippen MR) is 65.0 cm³/mol. The summed E-state index contributed by atoms with van der Waals surface area (Å²) in [4.78, 5) is 0. The number of hydrogen-bond donors (Lipinski definition) is 1. The molecule has 1 N–H and O–H groups in total. The Hall–Kier alpha value is -0.710. The van der Waals surface area contributed by atoms with Gasteiger partial charge in [-0.1, -0.05) is 6.42 Å². The SMILES string of the molecule is FC(F)(F)c1ccc(NCC2CCC2)c(Br)c1. The van der Waals surface area contributed by atoms with Gasteiger partial charge in [-0.3, -0.25) is 0 Å². The lowest BCUT2D eigenvalue weighted by Crippen LogP contribution is -2.21. The van der Waals surface area contributed by atoms with Crippen LogP contribution in [0.25, 0.3) is 0 Å². The molecule has 1 fully saturated rings. The van der Waals surface area contributed by atoms with Gasteiger partial charge >= 0.3 is 6.18 Å². The summed E-state index contributed by atoms with van der Waals surface area (Å²) in [7, 11) is 0. The van der Waals surface area contributed by atoms with E-state index in [2.05, 4.69) is 21.2 Å². The van der Waals surface area contributed by atoms with Crippen LogP contribution in [0.2, 0.25) is 0 Å². The number of halogens is 4. The first kappa shape index (κ1) is 12.7. The first-order valence-corrected chi connectivity index (χ1v) is 6.37. The zero-order chi connectivity index (χ0) is 12.5. The molecule has 0 spiro atoms. The molecular weight excluding hydrogens is 295 g/mol. The maximum Gasteiger partial charge on any atom is 0.416 e. The second-order valence-electron chi connectivity index (χ2n) is 4.37. The number of alkyl halides is 3. The molecule has 0 atom stereocenters. The number of hydrogen-bond acceptors (Lipinski definition) is 1. The Bertz CT molecular complexity index is 399. The number of rotatable bonds is 3. The highest BCUT2D eigenvalue weighted by Gasteiger charge is 2.30. The quantitative estimate of drug-likeness (QED) is 0.855. The Labute approximate surface area is 107 Å². The molecule has 0 saturated heterocycles. The van der Waals surface area contributed by atoms with Crippen molar-refractivity contribution in [2.75, 3.05) is 11.9 Å². The zero-order valence-corrected chi connectivity index (χ0v) is 10.7. The molecule has 0 radical (unpaired) electrons. The van der Waals surface area contributed by atoms with E-state index >= 15 is 0 Å². The maximum absolute atomic E-state index is 12.4. The second kappa shape index (κ2) is 4.88. The van der Waals surface area contributed by atoms with Crippen LogP contribution in [0.5, 0.6) is 0 Å². The van der Waals surface area contributed by atoms with Gasteiger partial charge in [0.15, 0.2) is 0 Å². The smallest absolute Gasteiger partial charge is 0.384 e. The largest absolute Gasteiger partial charge is 0.416 e. The molecular formula is C12H13BrF3N. The molecule has 1 saturated carbocycles. The van der Waals surface area contributed by atoms with Crippen LogP contribution in [0.1, 0.15) is 24.8 Å². The van der Waals surface area contributed by atoms with Gasteiger partial charge in [-0.25, -0.2) is 0 Å². The summed E-state index contributed by atoms with van der Waals surface area (Å²) in [6.45, 7) is 0.837. The van der Waals surface area contributed by atoms with Crippen molar-refractivity contribution in [3.05, 3.63) is 28.2 Å².